The van der Waals surface area contributed by atoms with Crippen molar-refractivity contribution in [2.45, 2.75) is 20.4 Å². The molecule has 0 aliphatic carbocycles. The first-order valence-electron chi connectivity index (χ1n) is 6.30. The van der Waals surface area contributed by atoms with E-state index in [0.717, 1.165) is 17.1 Å². The third-order valence-corrected chi connectivity index (χ3v) is 3.13. The SMILES string of the molecule is C#CCOC(=O)c1cc(C)n(Cc2ccccn2)c1C. The molecule has 0 aliphatic rings. The molecule has 2 rings (SSSR count). The summed E-state index contributed by atoms with van der Waals surface area (Å²) < 4.78 is 7.01. The van der Waals surface area contributed by atoms with Gasteiger partial charge in [0.1, 0.15) is 0 Å². The van der Waals surface area contributed by atoms with Gasteiger partial charge in [-0.25, -0.2) is 4.79 Å². The van der Waals surface area contributed by atoms with Gasteiger partial charge < -0.3 is 9.30 Å². The van der Waals surface area contributed by atoms with E-state index < -0.39 is 0 Å². The summed E-state index contributed by atoms with van der Waals surface area (Å²) in [7, 11) is 0. The molecule has 102 valence electrons. The van der Waals surface area contributed by atoms with Crippen LogP contribution in [0.3, 0.4) is 0 Å². The number of carbonyl (C=O) groups is 1. The Morgan fingerprint density at radius 2 is 2.25 bits per heavy atom. The number of hydrogen-bond acceptors (Lipinski definition) is 3. The second-order valence-electron chi connectivity index (χ2n) is 4.47. The van der Waals surface area contributed by atoms with Crippen molar-refractivity contribution in [1.29, 1.82) is 0 Å². The highest BCUT2D eigenvalue weighted by Gasteiger charge is 2.16. The Hall–Kier alpha value is -2.54. The van der Waals surface area contributed by atoms with Crippen molar-refractivity contribution < 1.29 is 9.53 Å². The minimum absolute atomic E-state index is 0.0112. The van der Waals surface area contributed by atoms with Gasteiger partial charge in [0.25, 0.3) is 0 Å². The van der Waals surface area contributed by atoms with Crippen LogP contribution in [0.25, 0.3) is 0 Å². The highest BCUT2D eigenvalue weighted by Crippen LogP contribution is 2.17. The molecule has 0 unspecified atom stereocenters. The number of esters is 1. The minimum atomic E-state index is -0.386. The lowest BCUT2D eigenvalue weighted by atomic mass is 10.2. The molecule has 0 N–H and O–H groups in total. The fourth-order valence-electron chi connectivity index (χ4n) is 2.09. The summed E-state index contributed by atoms with van der Waals surface area (Å²) in [5.74, 6) is 1.90. The maximum absolute atomic E-state index is 11.9. The largest absolute Gasteiger partial charge is 0.449 e. The average Bonchev–Trinajstić information content (AvgIpc) is 2.74. The number of terminal acetylenes is 1. The van der Waals surface area contributed by atoms with Gasteiger partial charge in [0.05, 0.1) is 17.8 Å². The number of rotatable bonds is 4. The molecule has 2 aromatic heterocycles. The van der Waals surface area contributed by atoms with E-state index in [2.05, 4.69) is 10.9 Å². The van der Waals surface area contributed by atoms with Gasteiger partial charge in [-0.1, -0.05) is 12.0 Å². The molecule has 0 saturated carbocycles. The molecule has 0 saturated heterocycles. The van der Waals surface area contributed by atoms with E-state index in [1.807, 2.05) is 42.7 Å². The number of ether oxygens (including phenoxy) is 1. The van der Waals surface area contributed by atoms with Crippen molar-refractivity contribution >= 4 is 5.97 Å². The zero-order valence-electron chi connectivity index (χ0n) is 11.6. The molecule has 0 bridgehead atoms. The Balaban J connectivity index is 2.25. The Morgan fingerprint density at radius 1 is 1.45 bits per heavy atom. The number of nitrogens with zero attached hydrogens (tertiary/aromatic N) is 2. The van der Waals surface area contributed by atoms with Crippen LogP contribution >= 0.6 is 0 Å². The molecule has 4 nitrogen and oxygen atoms in total. The number of carbonyl (C=O) groups excluding carboxylic acids is 1. The molecule has 0 spiro atoms. The summed E-state index contributed by atoms with van der Waals surface area (Å²) >= 11 is 0. The molecule has 0 amide bonds. The Morgan fingerprint density at radius 3 is 2.90 bits per heavy atom. The molecule has 0 fully saturated rings. The smallest absolute Gasteiger partial charge is 0.340 e. The topological polar surface area (TPSA) is 44.1 Å². The third kappa shape index (κ3) is 2.89. The van der Waals surface area contributed by atoms with Crippen LogP contribution < -0.4 is 0 Å². The zero-order valence-corrected chi connectivity index (χ0v) is 11.6. The molecule has 2 aromatic rings. The lowest BCUT2D eigenvalue weighted by molar-refractivity contribution is 0.0556. The zero-order chi connectivity index (χ0) is 14.5. The minimum Gasteiger partial charge on any atom is -0.449 e. The van der Waals surface area contributed by atoms with E-state index in [4.69, 9.17) is 11.2 Å². The first-order chi connectivity index (χ1) is 9.63. The summed E-state index contributed by atoms with van der Waals surface area (Å²) in [6.07, 6.45) is 6.85. The van der Waals surface area contributed by atoms with Crippen molar-refractivity contribution in [2.24, 2.45) is 0 Å². The Labute approximate surface area is 118 Å². The number of aromatic nitrogens is 2. The lowest BCUT2D eigenvalue weighted by Gasteiger charge is -2.09. The van der Waals surface area contributed by atoms with Crippen LogP contribution in [0.1, 0.15) is 27.4 Å². The second kappa shape index (κ2) is 6.07. The van der Waals surface area contributed by atoms with Crippen LogP contribution in [0.5, 0.6) is 0 Å². The van der Waals surface area contributed by atoms with Gasteiger partial charge in [0.15, 0.2) is 6.61 Å². The highest BCUT2D eigenvalue weighted by molar-refractivity contribution is 5.91. The summed E-state index contributed by atoms with van der Waals surface area (Å²) in [6, 6.07) is 7.59. The van der Waals surface area contributed by atoms with Crippen molar-refractivity contribution in [2.75, 3.05) is 6.61 Å². The van der Waals surface area contributed by atoms with Crippen LogP contribution in [0.2, 0.25) is 0 Å². The van der Waals surface area contributed by atoms with Crippen molar-refractivity contribution in [1.82, 2.24) is 9.55 Å². The summed E-state index contributed by atoms with van der Waals surface area (Å²) in [5.41, 5.74) is 3.34. The van der Waals surface area contributed by atoms with E-state index in [1.165, 1.54) is 0 Å². The van der Waals surface area contributed by atoms with Gasteiger partial charge in [-0.3, -0.25) is 4.98 Å². The summed E-state index contributed by atoms with van der Waals surface area (Å²) in [6.45, 7) is 4.46. The molecular formula is C16H16N2O2. The maximum Gasteiger partial charge on any atom is 0.340 e. The summed E-state index contributed by atoms with van der Waals surface area (Å²) in [5, 5.41) is 0. The molecule has 0 radical (unpaired) electrons. The van der Waals surface area contributed by atoms with E-state index in [-0.39, 0.29) is 12.6 Å². The number of aryl methyl sites for hydroxylation is 1. The van der Waals surface area contributed by atoms with E-state index >= 15 is 0 Å². The first-order valence-corrected chi connectivity index (χ1v) is 6.30. The van der Waals surface area contributed by atoms with Gasteiger partial charge in [-0.2, -0.15) is 0 Å². The van der Waals surface area contributed by atoms with Gasteiger partial charge in [-0.05, 0) is 32.0 Å². The van der Waals surface area contributed by atoms with E-state index in [9.17, 15) is 4.79 Å². The average molecular weight is 268 g/mol. The predicted octanol–water partition coefficient (Wildman–Crippen LogP) is 2.34. The van der Waals surface area contributed by atoms with Crippen molar-refractivity contribution in [3.63, 3.8) is 0 Å². The standard InChI is InChI=1S/C16H16N2O2/c1-4-9-20-16(19)15-10-12(2)18(13(15)3)11-14-7-5-6-8-17-14/h1,5-8,10H,9,11H2,2-3H3. The second-order valence-corrected chi connectivity index (χ2v) is 4.47. The normalized spacial score (nSPS) is 10.1. The van der Waals surface area contributed by atoms with Gasteiger partial charge in [0, 0.05) is 17.6 Å². The summed E-state index contributed by atoms with van der Waals surface area (Å²) in [4.78, 5) is 16.2. The van der Waals surface area contributed by atoms with Gasteiger partial charge >= 0.3 is 5.97 Å². The fourth-order valence-corrected chi connectivity index (χ4v) is 2.09. The van der Waals surface area contributed by atoms with Gasteiger partial charge in [-0.15, -0.1) is 6.42 Å². The number of pyridine rings is 1. The molecule has 0 aliphatic heterocycles. The predicted molar refractivity (Wildman–Crippen MR) is 76.4 cm³/mol. The number of hydrogen-bond donors (Lipinski definition) is 0. The Kier molecular flexibility index (Phi) is 4.21. The quantitative estimate of drug-likeness (QED) is 0.631. The third-order valence-electron chi connectivity index (χ3n) is 3.13. The molecule has 0 aromatic carbocycles. The van der Waals surface area contributed by atoms with E-state index in [1.54, 1.807) is 6.20 Å². The maximum atomic E-state index is 11.9. The fraction of sp³-hybridized carbons (Fsp3) is 0.250. The first kappa shape index (κ1) is 13.9. The molecule has 4 heteroatoms. The Bertz CT molecular complexity index is 651. The van der Waals surface area contributed by atoms with Crippen molar-refractivity contribution in [3.05, 3.63) is 53.1 Å². The highest BCUT2D eigenvalue weighted by atomic mass is 16.5. The van der Waals surface area contributed by atoms with Crippen LogP contribution in [-0.4, -0.2) is 22.1 Å². The van der Waals surface area contributed by atoms with Crippen LogP contribution in [-0.2, 0) is 11.3 Å². The molecule has 0 atom stereocenters. The van der Waals surface area contributed by atoms with Crippen LogP contribution in [0.15, 0.2) is 30.5 Å². The van der Waals surface area contributed by atoms with Gasteiger partial charge in [0.2, 0.25) is 0 Å². The van der Waals surface area contributed by atoms with Crippen molar-refractivity contribution in [3.8, 4) is 12.3 Å². The van der Waals surface area contributed by atoms with Crippen LogP contribution in [0.4, 0.5) is 0 Å². The molecule has 20 heavy (non-hydrogen) atoms. The van der Waals surface area contributed by atoms with E-state index in [0.29, 0.717) is 12.1 Å². The lowest BCUT2D eigenvalue weighted by Crippen LogP contribution is -2.09. The van der Waals surface area contributed by atoms with Crippen LogP contribution in [0, 0.1) is 26.2 Å². The molecule has 2 heterocycles. The monoisotopic (exact) mass is 268 g/mol. The molecular weight excluding hydrogens is 252 g/mol.